The highest BCUT2D eigenvalue weighted by molar-refractivity contribution is 6.31. The first-order chi connectivity index (χ1) is 15.4. The van der Waals surface area contributed by atoms with Gasteiger partial charge in [0.25, 0.3) is 0 Å². The Balaban J connectivity index is 1.60. The van der Waals surface area contributed by atoms with Gasteiger partial charge in [0.15, 0.2) is 11.1 Å². The summed E-state index contributed by atoms with van der Waals surface area (Å²) >= 11 is 6.19. The van der Waals surface area contributed by atoms with Crippen molar-refractivity contribution >= 4 is 29.1 Å². The quantitative estimate of drug-likeness (QED) is 0.365. The number of rotatable bonds is 5. The average Bonchev–Trinajstić information content (AvgIpc) is 3.39. The van der Waals surface area contributed by atoms with Gasteiger partial charge in [0.2, 0.25) is 5.88 Å². The summed E-state index contributed by atoms with van der Waals surface area (Å²) in [6.45, 7) is 1.82. The van der Waals surface area contributed by atoms with E-state index in [4.69, 9.17) is 16.6 Å². The van der Waals surface area contributed by atoms with E-state index in [2.05, 4.69) is 25.4 Å². The summed E-state index contributed by atoms with van der Waals surface area (Å²) < 4.78 is 16.1. The topological polar surface area (TPSA) is 123 Å². The summed E-state index contributed by atoms with van der Waals surface area (Å²) in [4.78, 5) is 25.5. The zero-order valence-electron chi connectivity index (χ0n) is 17.0. The van der Waals surface area contributed by atoms with Crippen molar-refractivity contribution in [2.24, 2.45) is 4.99 Å². The minimum Gasteiger partial charge on any atom is -0.493 e. The van der Waals surface area contributed by atoms with Crippen LogP contribution in [0.1, 0.15) is 29.7 Å². The molecule has 1 fully saturated rings. The third-order valence-corrected chi connectivity index (χ3v) is 5.56. The second kappa shape index (κ2) is 7.79. The molecule has 164 valence electrons. The Kier molecular flexibility index (Phi) is 4.93. The lowest BCUT2D eigenvalue weighted by Gasteiger charge is -2.10. The molecule has 4 N–H and O–H groups in total. The van der Waals surface area contributed by atoms with E-state index in [1.165, 1.54) is 0 Å². The number of anilines is 1. The van der Waals surface area contributed by atoms with Crippen LogP contribution in [0.3, 0.4) is 0 Å². The van der Waals surface area contributed by atoms with Gasteiger partial charge in [-0.15, -0.1) is 0 Å². The zero-order valence-corrected chi connectivity index (χ0v) is 17.7. The maximum Gasteiger partial charge on any atom is 0.326 e. The molecule has 11 heteroatoms. The number of hydrogen-bond acceptors (Lipinski definition) is 6. The summed E-state index contributed by atoms with van der Waals surface area (Å²) in [5, 5.41) is 18.3. The molecule has 1 aliphatic carbocycles. The van der Waals surface area contributed by atoms with Crippen molar-refractivity contribution in [3.63, 3.8) is 0 Å². The molecule has 3 heterocycles. The lowest BCUT2D eigenvalue weighted by molar-refractivity contribution is 0.454. The SMILES string of the molecule is Cc1ccc(Cl)c(CNc2cc(=NC3CC3)n3ncc(=Cc4[nH]c(=O)[nH]c4O)c3n2)c1F. The number of hydrogen-bond donors (Lipinski definition) is 4. The summed E-state index contributed by atoms with van der Waals surface area (Å²) in [7, 11) is 0. The average molecular weight is 456 g/mol. The second-order valence-corrected chi connectivity index (χ2v) is 8.10. The fourth-order valence-corrected chi connectivity index (χ4v) is 3.56. The normalized spacial score (nSPS) is 15.1. The van der Waals surface area contributed by atoms with Crippen molar-refractivity contribution in [2.75, 3.05) is 5.32 Å². The monoisotopic (exact) mass is 455 g/mol. The number of H-pyrrole nitrogens is 2. The second-order valence-electron chi connectivity index (χ2n) is 7.69. The molecular weight excluding hydrogens is 437 g/mol. The van der Waals surface area contributed by atoms with Gasteiger partial charge >= 0.3 is 5.69 Å². The summed E-state index contributed by atoms with van der Waals surface area (Å²) in [6.07, 6.45) is 5.15. The van der Waals surface area contributed by atoms with Gasteiger partial charge in [0, 0.05) is 28.4 Å². The van der Waals surface area contributed by atoms with Crippen molar-refractivity contribution < 1.29 is 9.50 Å². The molecule has 32 heavy (non-hydrogen) atoms. The highest BCUT2D eigenvalue weighted by Gasteiger charge is 2.20. The number of aromatic amines is 2. The minimum atomic E-state index is -0.526. The van der Waals surface area contributed by atoms with Gasteiger partial charge in [-0.05, 0) is 37.5 Å². The van der Waals surface area contributed by atoms with E-state index in [1.54, 1.807) is 41.9 Å². The Morgan fingerprint density at radius 1 is 1.41 bits per heavy atom. The number of nitrogens with zero attached hydrogens (tertiary/aromatic N) is 4. The number of benzene rings is 1. The molecule has 9 nitrogen and oxygen atoms in total. The number of nitrogens with one attached hydrogen (secondary N) is 3. The molecular formula is C21H19ClFN7O2. The Hall–Kier alpha value is -3.66. The molecule has 1 aliphatic rings. The number of aryl methyl sites for hydroxylation is 1. The van der Waals surface area contributed by atoms with Crippen molar-refractivity contribution in [1.29, 1.82) is 0 Å². The number of aromatic nitrogens is 5. The molecule has 1 aromatic carbocycles. The molecule has 5 rings (SSSR count). The van der Waals surface area contributed by atoms with E-state index >= 15 is 0 Å². The highest BCUT2D eigenvalue weighted by atomic mass is 35.5. The van der Waals surface area contributed by atoms with Crippen LogP contribution in [0.5, 0.6) is 5.88 Å². The fraction of sp³-hybridized carbons (Fsp3) is 0.238. The molecule has 1 saturated carbocycles. The van der Waals surface area contributed by atoms with Crippen LogP contribution in [-0.4, -0.2) is 35.7 Å². The first-order valence-corrected chi connectivity index (χ1v) is 10.4. The molecule has 0 atom stereocenters. The molecule has 4 aromatic rings. The Bertz CT molecular complexity index is 1520. The third kappa shape index (κ3) is 3.84. The number of aromatic hydroxyl groups is 1. The minimum absolute atomic E-state index is 0.136. The van der Waals surface area contributed by atoms with Gasteiger partial charge in [-0.2, -0.15) is 9.61 Å². The van der Waals surface area contributed by atoms with E-state index in [0.29, 0.717) is 38.3 Å². The van der Waals surface area contributed by atoms with Crippen LogP contribution in [0, 0.1) is 12.7 Å². The highest BCUT2D eigenvalue weighted by Crippen LogP contribution is 2.24. The predicted octanol–water partition coefficient (Wildman–Crippen LogP) is 1.78. The summed E-state index contributed by atoms with van der Waals surface area (Å²) in [5.41, 5.74) is 1.60. The predicted molar refractivity (Wildman–Crippen MR) is 117 cm³/mol. The van der Waals surface area contributed by atoms with Crippen LogP contribution in [0.4, 0.5) is 10.2 Å². The summed E-state index contributed by atoms with van der Waals surface area (Å²) in [5.74, 6) is -0.175. The van der Waals surface area contributed by atoms with Crippen LogP contribution in [0.2, 0.25) is 5.02 Å². The van der Waals surface area contributed by atoms with Crippen molar-refractivity contribution in [3.05, 3.63) is 73.2 Å². The lowest BCUT2D eigenvalue weighted by atomic mass is 10.1. The van der Waals surface area contributed by atoms with Crippen LogP contribution in [-0.2, 0) is 6.54 Å². The summed E-state index contributed by atoms with van der Waals surface area (Å²) in [6, 6.07) is 5.28. The van der Waals surface area contributed by atoms with Crippen LogP contribution in [0.25, 0.3) is 11.7 Å². The van der Waals surface area contributed by atoms with Crippen molar-refractivity contribution in [2.45, 2.75) is 32.4 Å². The number of fused-ring (bicyclic) bond motifs is 1. The first-order valence-electron chi connectivity index (χ1n) is 10.0. The number of halogens is 2. The molecule has 0 saturated heterocycles. The van der Waals surface area contributed by atoms with E-state index in [9.17, 15) is 14.3 Å². The van der Waals surface area contributed by atoms with Gasteiger partial charge in [0.05, 0.1) is 12.2 Å². The van der Waals surface area contributed by atoms with Crippen molar-refractivity contribution in [1.82, 2.24) is 24.6 Å². The third-order valence-electron chi connectivity index (χ3n) is 5.20. The zero-order chi connectivity index (χ0) is 22.4. The molecule has 3 aromatic heterocycles. The maximum absolute atomic E-state index is 14.5. The largest absolute Gasteiger partial charge is 0.493 e. The Morgan fingerprint density at radius 3 is 2.94 bits per heavy atom. The van der Waals surface area contributed by atoms with Crippen LogP contribution in [0.15, 0.2) is 34.2 Å². The molecule has 0 bridgehead atoms. The number of imidazole rings is 1. The van der Waals surface area contributed by atoms with Gasteiger partial charge in [0.1, 0.15) is 17.3 Å². The van der Waals surface area contributed by atoms with E-state index < -0.39 is 5.69 Å². The van der Waals surface area contributed by atoms with Gasteiger partial charge in [-0.1, -0.05) is 17.7 Å². The van der Waals surface area contributed by atoms with E-state index in [1.807, 2.05) is 0 Å². The smallest absolute Gasteiger partial charge is 0.326 e. The first kappa shape index (κ1) is 20.3. The fourth-order valence-electron chi connectivity index (χ4n) is 3.34. The van der Waals surface area contributed by atoms with Gasteiger partial charge < -0.3 is 15.4 Å². The van der Waals surface area contributed by atoms with E-state index in [0.717, 1.165) is 12.8 Å². The van der Waals surface area contributed by atoms with Gasteiger partial charge in [-0.3, -0.25) is 9.98 Å². The molecule has 0 spiro atoms. The Morgan fingerprint density at radius 2 is 2.22 bits per heavy atom. The maximum atomic E-state index is 14.5. The van der Waals surface area contributed by atoms with Crippen LogP contribution >= 0.6 is 11.6 Å². The molecule has 0 unspecified atom stereocenters. The molecule has 0 aliphatic heterocycles. The van der Waals surface area contributed by atoms with Crippen LogP contribution < -0.4 is 21.7 Å². The standard InChI is InChI=1S/C21H19ClFN7O2/c1-10-2-5-14(22)13(18(10)23)9-24-16-7-17(26-12-3-4-12)30-19(28-16)11(8-25-30)6-15-20(31)29-21(32)27-15/h2,5-8,12,24,31H,3-4,9H2,1H3,(H2,27,29,32). The lowest BCUT2D eigenvalue weighted by Crippen LogP contribution is -2.20. The van der Waals surface area contributed by atoms with E-state index in [-0.39, 0.29) is 30.0 Å². The Labute approximate surface area is 185 Å². The molecule has 0 radical (unpaired) electrons. The van der Waals surface area contributed by atoms with Gasteiger partial charge in [-0.25, -0.2) is 14.2 Å². The van der Waals surface area contributed by atoms with Crippen molar-refractivity contribution in [3.8, 4) is 5.88 Å². The molecule has 0 amide bonds.